The monoisotopic (exact) mass is 228 g/mol. The molecular formula is C11H20N2O3. The van der Waals surface area contributed by atoms with E-state index in [0.29, 0.717) is 6.42 Å². The Morgan fingerprint density at radius 3 is 2.38 bits per heavy atom. The van der Waals surface area contributed by atoms with E-state index in [2.05, 4.69) is 5.32 Å². The van der Waals surface area contributed by atoms with Crippen molar-refractivity contribution in [1.29, 1.82) is 0 Å². The topological polar surface area (TPSA) is 92.4 Å². The average Bonchev–Trinajstić information content (AvgIpc) is 2.26. The Kier molecular flexibility index (Phi) is 4.73. The van der Waals surface area contributed by atoms with Crippen molar-refractivity contribution in [2.24, 2.45) is 11.7 Å². The zero-order chi connectivity index (χ0) is 12.1. The maximum atomic E-state index is 11.8. The van der Waals surface area contributed by atoms with Gasteiger partial charge in [0.05, 0.1) is 0 Å². The van der Waals surface area contributed by atoms with Gasteiger partial charge >= 0.3 is 5.97 Å². The largest absolute Gasteiger partial charge is 0.480 e. The van der Waals surface area contributed by atoms with Crippen LogP contribution in [-0.4, -0.2) is 29.1 Å². The highest BCUT2D eigenvalue weighted by molar-refractivity contribution is 5.84. The molecule has 0 aliphatic heterocycles. The Bertz CT molecular complexity index is 260. The first-order chi connectivity index (χ1) is 7.54. The van der Waals surface area contributed by atoms with Gasteiger partial charge in [-0.15, -0.1) is 0 Å². The van der Waals surface area contributed by atoms with Gasteiger partial charge in [-0.3, -0.25) is 4.79 Å². The third kappa shape index (κ3) is 3.48. The van der Waals surface area contributed by atoms with Gasteiger partial charge in [0.15, 0.2) is 0 Å². The summed E-state index contributed by atoms with van der Waals surface area (Å²) in [6, 6.07) is -0.561. The molecule has 0 saturated heterocycles. The highest BCUT2D eigenvalue weighted by Crippen LogP contribution is 2.23. The van der Waals surface area contributed by atoms with Crippen LogP contribution in [0, 0.1) is 5.92 Å². The van der Waals surface area contributed by atoms with Crippen molar-refractivity contribution in [3.8, 4) is 0 Å². The van der Waals surface area contributed by atoms with Crippen LogP contribution in [0.15, 0.2) is 0 Å². The highest BCUT2D eigenvalue weighted by Gasteiger charge is 2.27. The Hall–Kier alpha value is -1.10. The van der Waals surface area contributed by atoms with Gasteiger partial charge in [-0.25, -0.2) is 4.79 Å². The van der Waals surface area contributed by atoms with Crippen molar-refractivity contribution in [2.75, 3.05) is 0 Å². The summed E-state index contributed by atoms with van der Waals surface area (Å²) in [5.41, 5.74) is 5.75. The predicted molar refractivity (Wildman–Crippen MR) is 59.8 cm³/mol. The number of carbonyl (C=O) groups excluding carboxylic acids is 1. The SMILES string of the molecule is CC[C@@H](NC(=O)C1CCC(N)CC1)C(=O)O. The van der Waals surface area contributed by atoms with Crippen LogP contribution in [0.1, 0.15) is 39.0 Å². The molecule has 0 spiro atoms. The zero-order valence-electron chi connectivity index (χ0n) is 9.61. The number of rotatable bonds is 4. The molecule has 0 radical (unpaired) electrons. The molecule has 0 bridgehead atoms. The molecule has 1 saturated carbocycles. The summed E-state index contributed by atoms with van der Waals surface area (Å²) in [6.45, 7) is 1.75. The van der Waals surface area contributed by atoms with Gasteiger partial charge < -0.3 is 16.2 Å². The molecule has 4 N–H and O–H groups in total. The third-order valence-corrected chi connectivity index (χ3v) is 3.17. The van der Waals surface area contributed by atoms with Gasteiger partial charge in [0.1, 0.15) is 6.04 Å². The lowest BCUT2D eigenvalue weighted by Gasteiger charge is -2.26. The maximum absolute atomic E-state index is 11.8. The van der Waals surface area contributed by atoms with Crippen LogP contribution in [0.25, 0.3) is 0 Å². The van der Waals surface area contributed by atoms with Gasteiger partial charge in [-0.2, -0.15) is 0 Å². The second-order valence-electron chi connectivity index (χ2n) is 4.42. The molecule has 5 nitrogen and oxygen atoms in total. The summed E-state index contributed by atoms with van der Waals surface area (Å²) in [5.74, 6) is -1.17. The van der Waals surface area contributed by atoms with E-state index in [1.807, 2.05) is 0 Å². The first-order valence-corrected chi connectivity index (χ1v) is 5.83. The number of hydrogen-bond acceptors (Lipinski definition) is 3. The van der Waals surface area contributed by atoms with Gasteiger partial charge in [0, 0.05) is 12.0 Å². The molecule has 0 unspecified atom stereocenters. The van der Waals surface area contributed by atoms with Crippen LogP contribution < -0.4 is 11.1 Å². The van der Waals surface area contributed by atoms with E-state index >= 15 is 0 Å². The van der Waals surface area contributed by atoms with E-state index < -0.39 is 12.0 Å². The smallest absolute Gasteiger partial charge is 0.326 e. The van der Waals surface area contributed by atoms with Crippen LogP contribution in [0.5, 0.6) is 0 Å². The van der Waals surface area contributed by atoms with Crippen LogP contribution in [-0.2, 0) is 9.59 Å². The summed E-state index contributed by atoms with van der Waals surface area (Å²) in [5, 5.41) is 11.4. The van der Waals surface area contributed by atoms with Crippen molar-refractivity contribution in [2.45, 2.75) is 51.1 Å². The fourth-order valence-electron chi connectivity index (χ4n) is 2.01. The van der Waals surface area contributed by atoms with Gasteiger partial charge in [-0.05, 0) is 32.1 Å². The predicted octanol–water partition coefficient (Wildman–Crippen LogP) is 0.483. The standard InChI is InChI=1S/C11H20N2O3/c1-2-9(11(15)16)13-10(14)7-3-5-8(12)6-4-7/h7-9H,2-6,12H2,1H3,(H,13,14)(H,15,16)/t7?,8?,9-/m1/s1. The van der Waals surface area contributed by atoms with Crippen molar-refractivity contribution < 1.29 is 14.7 Å². The lowest BCUT2D eigenvalue weighted by Crippen LogP contribution is -2.44. The minimum Gasteiger partial charge on any atom is -0.480 e. The van der Waals surface area contributed by atoms with Crippen LogP contribution >= 0.6 is 0 Å². The molecule has 1 rings (SSSR count). The van der Waals surface area contributed by atoms with E-state index in [4.69, 9.17) is 10.8 Å². The number of hydrogen-bond donors (Lipinski definition) is 3. The number of carbonyl (C=O) groups is 2. The number of nitrogens with two attached hydrogens (primary N) is 1. The summed E-state index contributed by atoms with van der Waals surface area (Å²) < 4.78 is 0. The van der Waals surface area contributed by atoms with E-state index in [9.17, 15) is 9.59 Å². The number of nitrogens with one attached hydrogen (secondary N) is 1. The lowest BCUT2D eigenvalue weighted by molar-refractivity contribution is -0.142. The molecule has 92 valence electrons. The maximum Gasteiger partial charge on any atom is 0.326 e. The molecule has 5 heteroatoms. The second-order valence-corrected chi connectivity index (χ2v) is 4.42. The third-order valence-electron chi connectivity index (χ3n) is 3.17. The van der Waals surface area contributed by atoms with E-state index in [0.717, 1.165) is 25.7 Å². The normalized spacial score (nSPS) is 27.1. The first-order valence-electron chi connectivity index (χ1n) is 5.83. The van der Waals surface area contributed by atoms with E-state index in [1.165, 1.54) is 0 Å². The minimum absolute atomic E-state index is 0.0619. The van der Waals surface area contributed by atoms with Crippen LogP contribution in [0.2, 0.25) is 0 Å². The summed E-state index contributed by atoms with van der Waals surface area (Å²) in [4.78, 5) is 22.5. The second kappa shape index (κ2) is 5.84. The van der Waals surface area contributed by atoms with Crippen molar-refractivity contribution in [3.63, 3.8) is 0 Å². The Morgan fingerprint density at radius 1 is 1.38 bits per heavy atom. The number of amides is 1. The van der Waals surface area contributed by atoms with Crippen molar-refractivity contribution in [1.82, 2.24) is 5.32 Å². The lowest BCUT2D eigenvalue weighted by atomic mass is 9.86. The summed E-state index contributed by atoms with van der Waals surface area (Å²) in [7, 11) is 0. The Labute approximate surface area is 95.4 Å². The van der Waals surface area contributed by atoms with Gasteiger partial charge in [0.2, 0.25) is 5.91 Å². The van der Waals surface area contributed by atoms with Gasteiger partial charge in [-0.1, -0.05) is 6.92 Å². The molecule has 1 atom stereocenters. The summed E-state index contributed by atoms with van der Waals surface area (Å²) >= 11 is 0. The van der Waals surface area contributed by atoms with Gasteiger partial charge in [0.25, 0.3) is 0 Å². The average molecular weight is 228 g/mol. The minimum atomic E-state index is -0.969. The first kappa shape index (κ1) is 13.0. The molecule has 0 aromatic rings. The fraction of sp³-hybridized carbons (Fsp3) is 0.818. The Balaban J connectivity index is 2.42. The highest BCUT2D eigenvalue weighted by atomic mass is 16.4. The van der Waals surface area contributed by atoms with E-state index in [-0.39, 0.29) is 17.9 Å². The number of aliphatic carboxylic acids is 1. The molecular weight excluding hydrogens is 208 g/mol. The molecule has 16 heavy (non-hydrogen) atoms. The van der Waals surface area contributed by atoms with Crippen molar-refractivity contribution >= 4 is 11.9 Å². The van der Waals surface area contributed by atoms with E-state index in [1.54, 1.807) is 6.92 Å². The summed E-state index contributed by atoms with van der Waals surface area (Å²) in [6.07, 6.45) is 3.64. The molecule has 0 heterocycles. The van der Waals surface area contributed by atoms with Crippen LogP contribution in [0.3, 0.4) is 0 Å². The molecule has 1 amide bonds. The molecule has 1 fully saturated rings. The molecule has 0 aromatic heterocycles. The van der Waals surface area contributed by atoms with Crippen LogP contribution in [0.4, 0.5) is 0 Å². The Morgan fingerprint density at radius 2 is 1.94 bits per heavy atom. The quantitative estimate of drug-likeness (QED) is 0.652. The number of carboxylic acid groups (broad SMARTS) is 1. The molecule has 0 aromatic carbocycles. The number of carboxylic acids is 1. The van der Waals surface area contributed by atoms with Crippen molar-refractivity contribution in [3.05, 3.63) is 0 Å². The zero-order valence-corrected chi connectivity index (χ0v) is 9.61. The fourth-order valence-corrected chi connectivity index (χ4v) is 2.01. The molecule has 1 aliphatic rings. The molecule has 1 aliphatic carbocycles.